The molecule has 0 saturated heterocycles. The minimum Gasteiger partial charge on any atom is -0.438 e. The molecule has 0 saturated carbocycles. The van der Waals surface area contributed by atoms with E-state index in [9.17, 15) is 0 Å². The van der Waals surface area contributed by atoms with E-state index in [4.69, 9.17) is 22.7 Å². The number of nitrogens with two attached hydrogens (primary N) is 1. The molecule has 1 aromatic heterocycles. The van der Waals surface area contributed by atoms with Gasteiger partial charge in [0.1, 0.15) is 10.7 Å². The third-order valence-corrected chi connectivity index (χ3v) is 2.78. The molecule has 0 aliphatic carbocycles. The van der Waals surface area contributed by atoms with Crippen molar-refractivity contribution in [2.45, 2.75) is 13.3 Å². The van der Waals surface area contributed by atoms with Crippen LogP contribution in [0.25, 0.3) is 0 Å². The maximum absolute atomic E-state index is 5.73. The zero-order valence-electron chi connectivity index (χ0n) is 10.1. The van der Waals surface area contributed by atoms with Gasteiger partial charge in [0.05, 0.1) is 5.56 Å². The van der Waals surface area contributed by atoms with E-state index in [2.05, 4.69) is 18.0 Å². The summed E-state index contributed by atoms with van der Waals surface area (Å²) in [5.41, 5.74) is 7.49. The van der Waals surface area contributed by atoms with Gasteiger partial charge in [-0.15, -0.1) is 0 Å². The van der Waals surface area contributed by atoms with Gasteiger partial charge in [0.2, 0.25) is 5.88 Å². The second kappa shape index (κ2) is 5.60. The van der Waals surface area contributed by atoms with Gasteiger partial charge in [0.25, 0.3) is 0 Å². The number of benzene rings is 1. The summed E-state index contributed by atoms with van der Waals surface area (Å²) in [6.07, 6.45) is 2.61. The molecule has 0 spiro atoms. The van der Waals surface area contributed by atoms with Gasteiger partial charge >= 0.3 is 0 Å². The number of aromatic nitrogens is 1. The van der Waals surface area contributed by atoms with Crippen molar-refractivity contribution in [3.05, 3.63) is 53.7 Å². The zero-order chi connectivity index (χ0) is 13.0. The SMILES string of the molecule is CCc1cccc(Oc2ncccc2C(N)=S)c1. The van der Waals surface area contributed by atoms with E-state index in [1.807, 2.05) is 18.2 Å². The molecule has 18 heavy (non-hydrogen) atoms. The van der Waals surface area contributed by atoms with Crippen LogP contribution in [-0.4, -0.2) is 9.97 Å². The van der Waals surface area contributed by atoms with Crippen LogP contribution in [0, 0.1) is 0 Å². The average molecular weight is 258 g/mol. The van der Waals surface area contributed by atoms with E-state index in [0.29, 0.717) is 11.4 Å². The molecule has 0 amide bonds. The summed E-state index contributed by atoms with van der Waals surface area (Å²) in [6.45, 7) is 2.10. The Morgan fingerprint density at radius 3 is 2.89 bits per heavy atom. The van der Waals surface area contributed by atoms with Crippen molar-refractivity contribution in [2.75, 3.05) is 0 Å². The fourth-order valence-electron chi connectivity index (χ4n) is 1.60. The quantitative estimate of drug-likeness (QED) is 0.856. The highest BCUT2D eigenvalue weighted by atomic mass is 32.1. The smallest absolute Gasteiger partial charge is 0.229 e. The Morgan fingerprint density at radius 2 is 2.17 bits per heavy atom. The molecule has 1 aromatic carbocycles. The van der Waals surface area contributed by atoms with Crippen LogP contribution in [0.3, 0.4) is 0 Å². The minimum absolute atomic E-state index is 0.282. The van der Waals surface area contributed by atoms with E-state index in [1.54, 1.807) is 18.3 Å². The Hall–Kier alpha value is -1.94. The highest BCUT2D eigenvalue weighted by Crippen LogP contribution is 2.23. The molecule has 0 atom stereocenters. The molecule has 1 heterocycles. The van der Waals surface area contributed by atoms with Crippen molar-refractivity contribution in [2.24, 2.45) is 5.73 Å². The zero-order valence-corrected chi connectivity index (χ0v) is 10.9. The summed E-state index contributed by atoms with van der Waals surface area (Å²) in [7, 11) is 0. The second-order valence-electron chi connectivity index (χ2n) is 3.82. The van der Waals surface area contributed by atoms with Gasteiger partial charge in [-0.3, -0.25) is 0 Å². The standard InChI is InChI=1S/C14H14N2OS/c1-2-10-5-3-6-11(9-10)17-14-12(13(15)18)7-4-8-16-14/h3-9H,2H2,1H3,(H2,15,18). The Labute approximate surface area is 112 Å². The molecule has 4 heteroatoms. The highest BCUT2D eigenvalue weighted by molar-refractivity contribution is 7.80. The second-order valence-corrected chi connectivity index (χ2v) is 4.26. The summed E-state index contributed by atoms with van der Waals surface area (Å²) in [4.78, 5) is 4.44. The van der Waals surface area contributed by atoms with Crippen LogP contribution in [0.2, 0.25) is 0 Å². The van der Waals surface area contributed by atoms with Crippen molar-refractivity contribution < 1.29 is 4.74 Å². The molecule has 0 radical (unpaired) electrons. The first-order chi connectivity index (χ1) is 8.70. The summed E-state index contributed by atoms with van der Waals surface area (Å²) >= 11 is 4.97. The summed E-state index contributed by atoms with van der Waals surface area (Å²) in [5.74, 6) is 1.18. The van der Waals surface area contributed by atoms with Crippen molar-refractivity contribution >= 4 is 17.2 Å². The number of nitrogens with zero attached hydrogens (tertiary/aromatic N) is 1. The molecule has 0 bridgehead atoms. The lowest BCUT2D eigenvalue weighted by Gasteiger charge is -2.09. The summed E-state index contributed by atoms with van der Waals surface area (Å²) in [6, 6.07) is 11.5. The molecule has 92 valence electrons. The van der Waals surface area contributed by atoms with Crippen LogP contribution < -0.4 is 10.5 Å². The lowest BCUT2D eigenvalue weighted by atomic mass is 10.2. The Kier molecular flexibility index (Phi) is 3.89. The van der Waals surface area contributed by atoms with Gasteiger partial charge in [-0.25, -0.2) is 4.98 Å². The van der Waals surface area contributed by atoms with E-state index >= 15 is 0 Å². The number of hydrogen-bond acceptors (Lipinski definition) is 3. The summed E-state index contributed by atoms with van der Waals surface area (Å²) < 4.78 is 5.73. The first kappa shape index (κ1) is 12.5. The number of rotatable bonds is 4. The van der Waals surface area contributed by atoms with Crippen molar-refractivity contribution in [3.63, 3.8) is 0 Å². The van der Waals surface area contributed by atoms with Crippen molar-refractivity contribution in [3.8, 4) is 11.6 Å². The fraction of sp³-hybridized carbons (Fsp3) is 0.143. The van der Waals surface area contributed by atoms with Gasteiger partial charge in [0.15, 0.2) is 0 Å². The lowest BCUT2D eigenvalue weighted by Crippen LogP contribution is -2.11. The van der Waals surface area contributed by atoms with E-state index < -0.39 is 0 Å². The maximum Gasteiger partial charge on any atom is 0.229 e. The molecular formula is C14H14N2OS. The van der Waals surface area contributed by atoms with Crippen LogP contribution >= 0.6 is 12.2 Å². The van der Waals surface area contributed by atoms with Gasteiger partial charge in [-0.05, 0) is 36.2 Å². The lowest BCUT2D eigenvalue weighted by molar-refractivity contribution is 0.461. The molecule has 2 N–H and O–H groups in total. The topological polar surface area (TPSA) is 48.1 Å². The van der Waals surface area contributed by atoms with Crippen LogP contribution in [0.15, 0.2) is 42.6 Å². The molecule has 0 aliphatic heterocycles. The van der Waals surface area contributed by atoms with Crippen LogP contribution in [0.5, 0.6) is 11.6 Å². The van der Waals surface area contributed by atoms with Gasteiger partial charge in [0, 0.05) is 6.20 Å². The predicted molar refractivity (Wildman–Crippen MR) is 76.0 cm³/mol. The number of ether oxygens (including phenoxy) is 1. The Morgan fingerprint density at radius 1 is 1.33 bits per heavy atom. The molecule has 0 fully saturated rings. The molecule has 0 aliphatic rings. The van der Waals surface area contributed by atoms with Crippen LogP contribution in [-0.2, 0) is 6.42 Å². The van der Waals surface area contributed by atoms with E-state index in [0.717, 1.165) is 12.2 Å². The number of pyridine rings is 1. The molecule has 2 rings (SSSR count). The monoisotopic (exact) mass is 258 g/mol. The van der Waals surface area contributed by atoms with Crippen LogP contribution in [0.4, 0.5) is 0 Å². The van der Waals surface area contributed by atoms with Gasteiger partial charge in [-0.2, -0.15) is 0 Å². The molecule has 0 unspecified atom stereocenters. The van der Waals surface area contributed by atoms with Gasteiger partial charge < -0.3 is 10.5 Å². The van der Waals surface area contributed by atoms with E-state index in [1.165, 1.54) is 5.56 Å². The van der Waals surface area contributed by atoms with E-state index in [-0.39, 0.29) is 4.99 Å². The first-order valence-electron chi connectivity index (χ1n) is 5.72. The molecular weight excluding hydrogens is 244 g/mol. The number of aryl methyl sites for hydroxylation is 1. The fourth-order valence-corrected chi connectivity index (χ4v) is 1.76. The maximum atomic E-state index is 5.73. The number of hydrogen-bond donors (Lipinski definition) is 1. The molecule has 2 aromatic rings. The first-order valence-corrected chi connectivity index (χ1v) is 6.13. The largest absolute Gasteiger partial charge is 0.438 e. The average Bonchev–Trinajstić information content (AvgIpc) is 2.39. The normalized spacial score (nSPS) is 10.1. The third-order valence-electron chi connectivity index (χ3n) is 2.56. The third kappa shape index (κ3) is 2.84. The molecule has 3 nitrogen and oxygen atoms in total. The number of thiocarbonyl (C=S) groups is 1. The van der Waals surface area contributed by atoms with Crippen molar-refractivity contribution in [1.29, 1.82) is 0 Å². The predicted octanol–water partition coefficient (Wildman–Crippen LogP) is 3.07. The minimum atomic E-state index is 0.282. The van der Waals surface area contributed by atoms with Gasteiger partial charge in [-0.1, -0.05) is 31.3 Å². The Bertz CT molecular complexity index is 569. The Balaban J connectivity index is 2.31. The van der Waals surface area contributed by atoms with Crippen LogP contribution in [0.1, 0.15) is 18.1 Å². The van der Waals surface area contributed by atoms with Crippen molar-refractivity contribution in [1.82, 2.24) is 4.98 Å². The highest BCUT2D eigenvalue weighted by Gasteiger charge is 2.08. The summed E-state index contributed by atoms with van der Waals surface area (Å²) in [5, 5.41) is 0.